The van der Waals surface area contributed by atoms with Gasteiger partial charge >= 0.3 is 26.2 Å². The molecule has 1 heterocycles. The van der Waals surface area contributed by atoms with Gasteiger partial charge in [-0.3, -0.25) is 0 Å². The van der Waals surface area contributed by atoms with E-state index in [1.54, 1.807) is 0 Å². The van der Waals surface area contributed by atoms with E-state index < -0.39 is 0 Å². The first-order valence-corrected chi connectivity index (χ1v) is 3.79. The van der Waals surface area contributed by atoms with Crippen molar-refractivity contribution in [1.29, 1.82) is 0 Å². The second-order valence-electron chi connectivity index (χ2n) is 3.04. The van der Waals surface area contributed by atoms with Crippen LogP contribution in [0.4, 0.5) is 0 Å². The Morgan fingerprint density at radius 2 is 1.27 bits per heavy atom. The molecule has 1 aliphatic rings. The molecule has 0 spiro atoms. The standard InChI is InChI=1S/C4H10B2.C3H6.CH3.Zr/c1-5-3-6(2)4-5;1-3-2;;/h3-4H2,1-2H3;1-3H2;1H3;/q;-2;-1;+3. The van der Waals surface area contributed by atoms with E-state index in [0.29, 0.717) is 0 Å². The van der Waals surface area contributed by atoms with Crippen molar-refractivity contribution in [2.24, 2.45) is 0 Å². The van der Waals surface area contributed by atoms with E-state index in [-0.39, 0.29) is 33.6 Å². The smallest absolute Gasteiger partial charge is 0.372 e. The molecular formula is C8H19B2Zr. The Bertz CT molecular complexity index is 57.1. The minimum Gasteiger partial charge on any atom is -0.372 e. The van der Waals surface area contributed by atoms with Crippen LogP contribution in [-0.4, -0.2) is 13.4 Å². The first kappa shape index (κ1) is 17.9. The quantitative estimate of drug-likeness (QED) is 0.441. The van der Waals surface area contributed by atoms with E-state index in [4.69, 9.17) is 0 Å². The molecule has 61 valence electrons. The van der Waals surface area contributed by atoms with Crippen LogP contribution in [-0.2, 0) is 26.2 Å². The Morgan fingerprint density at radius 1 is 1.09 bits per heavy atom. The maximum Gasteiger partial charge on any atom is 3.00 e. The zero-order valence-corrected chi connectivity index (χ0v) is 10.6. The molecule has 0 N–H and O–H groups in total. The van der Waals surface area contributed by atoms with Crippen molar-refractivity contribution < 1.29 is 26.2 Å². The summed E-state index contributed by atoms with van der Waals surface area (Å²) >= 11 is 0. The number of hydrogen-bond donors (Lipinski definition) is 0. The summed E-state index contributed by atoms with van der Waals surface area (Å²) in [5.74, 6) is 0. The molecule has 0 aromatic heterocycles. The number of rotatable bonds is 0. The predicted molar refractivity (Wildman–Crippen MR) is 54.6 cm³/mol. The van der Waals surface area contributed by atoms with Crippen molar-refractivity contribution in [3.63, 3.8) is 0 Å². The van der Waals surface area contributed by atoms with E-state index in [0.717, 1.165) is 19.8 Å². The molecule has 0 bridgehead atoms. The van der Waals surface area contributed by atoms with E-state index >= 15 is 0 Å². The van der Waals surface area contributed by atoms with Gasteiger partial charge in [-0.2, -0.15) is 0 Å². The van der Waals surface area contributed by atoms with Crippen molar-refractivity contribution >= 4 is 13.4 Å². The van der Waals surface area contributed by atoms with Gasteiger partial charge in [0.2, 0.25) is 0 Å². The first-order chi connectivity index (χ1) is 4.20. The normalized spacial score (nSPS) is 13.1. The molecule has 1 rings (SSSR count). The molecule has 0 aliphatic carbocycles. The monoisotopic (exact) mass is 227 g/mol. The molecule has 0 aromatic carbocycles. The Morgan fingerprint density at radius 3 is 1.27 bits per heavy atom. The summed E-state index contributed by atoms with van der Waals surface area (Å²) in [6, 6.07) is 0. The molecule has 0 aromatic rings. The van der Waals surface area contributed by atoms with Gasteiger partial charge in [0, 0.05) is 0 Å². The molecular weight excluding hydrogens is 209 g/mol. The zero-order valence-electron chi connectivity index (χ0n) is 8.19. The first-order valence-electron chi connectivity index (χ1n) is 3.79. The van der Waals surface area contributed by atoms with Crippen LogP contribution in [0.5, 0.6) is 0 Å². The molecule has 1 fully saturated rings. The maximum atomic E-state index is 3.38. The average molecular weight is 228 g/mol. The van der Waals surface area contributed by atoms with Gasteiger partial charge in [-0.25, -0.2) is 0 Å². The van der Waals surface area contributed by atoms with E-state index in [1.165, 1.54) is 12.4 Å². The average Bonchev–Trinajstić information content (AvgIpc) is 1.65. The topological polar surface area (TPSA) is 0 Å². The zero-order chi connectivity index (χ0) is 7.28. The summed E-state index contributed by atoms with van der Waals surface area (Å²) in [4.78, 5) is 0. The molecule has 11 heavy (non-hydrogen) atoms. The third-order valence-corrected chi connectivity index (χ3v) is 1.61. The predicted octanol–water partition coefficient (Wildman–Crippen LogP) is 2.82. The van der Waals surface area contributed by atoms with Gasteiger partial charge in [0.1, 0.15) is 13.4 Å². The van der Waals surface area contributed by atoms with Gasteiger partial charge in [-0.15, -0.1) is 0 Å². The minimum absolute atomic E-state index is 0. The van der Waals surface area contributed by atoms with Crippen molar-refractivity contribution in [2.75, 3.05) is 0 Å². The second-order valence-corrected chi connectivity index (χ2v) is 3.04. The van der Waals surface area contributed by atoms with Crippen molar-refractivity contribution in [3.05, 3.63) is 21.3 Å². The van der Waals surface area contributed by atoms with Gasteiger partial charge in [0.25, 0.3) is 0 Å². The Balaban J connectivity index is -0.000000116. The maximum absolute atomic E-state index is 3.38. The molecule has 0 unspecified atom stereocenters. The molecule has 1 radical (unpaired) electrons. The van der Waals surface area contributed by atoms with Gasteiger partial charge in [0.15, 0.2) is 0 Å². The van der Waals surface area contributed by atoms with Gasteiger partial charge < -0.3 is 27.7 Å². The summed E-state index contributed by atoms with van der Waals surface area (Å²) in [6.45, 7) is 13.5. The van der Waals surface area contributed by atoms with Crippen molar-refractivity contribution in [3.8, 4) is 0 Å². The molecule has 0 atom stereocenters. The van der Waals surface area contributed by atoms with E-state index in [2.05, 4.69) is 27.5 Å². The molecule has 0 nitrogen and oxygen atoms in total. The van der Waals surface area contributed by atoms with Crippen molar-refractivity contribution in [1.82, 2.24) is 0 Å². The van der Waals surface area contributed by atoms with Crippen LogP contribution in [0.3, 0.4) is 0 Å². The fourth-order valence-corrected chi connectivity index (χ4v) is 1.30. The molecule has 0 amide bonds. The largest absolute Gasteiger partial charge is 3.00 e. The van der Waals surface area contributed by atoms with Crippen LogP contribution in [0, 0.1) is 21.3 Å². The summed E-state index contributed by atoms with van der Waals surface area (Å²) in [7, 11) is 0. The SMILES string of the molecule is CB1CB(C)C1.[CH2-]C[CH2-].[CH3-].[Zr+3]. The van der Waals surface area contributed by atoms with Gasteiger partial charge in [-0.1, -0.05) is 26.1 Å². The third-order valence-electron chi connectivity index (χ3n) is 1.61. The second kappa shape index (κ2) is 11.0. The van der Waals surface area contributed by atoms with Crippen LogP contribution >= 0.6 is 0 Å². The Hall–Kier alpha value is 1.01. The Labute approximate surface area is 93.2 Å². The van der Waals surface area contributed by atoms with Crippen LogP contribution in [0.15, 0.2) is 0 Å². The summed E-state index contributed by atoms with van der Waals surface area (Å²) in [5, 5.41) is 0. The van der Waals surface area contributed by atoms with Gasteiger partial charge in [0.05, 0.1) is 0 Å². The fraction of sp³-hybridized carbons (Fsp3) is 0.625. The Kier molecular flexibility index (Phi) is 18.0. The molecule has 1 aliphatic heterocycles. The summed E-state index contributed by atoms with van der Waals surface area (Å²) < 4.78 is 0. The summed E-state index contributed by atoms with van der Waals surface area (Å²) in [5.41, 5.74) is 0. The van der Waals surface area contributed by atoms with E-state index in [1.807, 2.05) is 0 Å². The van der Waals surface area contributed by atoms with Gasteiger partial charge in [-0.05, 0) is 0 Å². The number of hydrogen-bond acceptors (Lipinski definition) is 0. The van der Waals surface area contributed by atoms with E-state index in [9.17, 15) is 0 Å². The van der Waals surface area contributed by atoms with Crippen LogP contribution in [0.25, 0.3) is 0 Å². The minimum atomic E-state index is 0. The van der Waals surface area contributed by atoms with Crippen molar-refractivity contribution in [2.45, 2.75) is 32.5 Å². The van der Waals surface area contributed by atoms with Crippen LogP contribution < -0.4 is 0 Å². The van der Waals surface area contributed by atoms with Crippen LogP contribution in [0.1, 0.15) is 6.42 Å². The van der Waals surface area contributed by atoms with Crippen LogP contribution in [0.2, 0.25) is 26.1 Å². The molecule has 1 saturated heterocycles. The summed E-state index contributed by atoms with van der Waals surface area (Å²) in [6.07, 6.45) is 3.69. The fourth-order valence-electron chi connectivity index (χ4n) is 1.30. The molecule has 0 saturated carbocycles. The molecule has 3 heteroatoms. The third kappa shape index (κ3) is 11.0.